The zero-order chi connectivity index (χ0) is 23.5. The lowest BCUT2D eigenvalue weighted by Crippen LogP contribution is -2.38. The second-order valence-electron chi connectivity index (χ2n) is 7.18. The van der Waals surface area contributed by atoms with Crippen LogP contribution in [0.15, 0.2) is 65.6 Å². The zero-order valence-corrected chi connectivity index (χ0v) is 20.1. The molecule has 3 aromatic carbocycles. The molecule has 0 saturated carbocycles. The van der Waals surface area contributed by atoms with Gasteiger partial charge in [-0.05, 0) is 61.9 Å². The summed E-state index contributed by atoms with van der Waals surface area (Å²) in [4.78, 5) is 12.9. The molecule has 0 unspecified atom stereocenters. The number of anilines is 2. The molecule has 9 heteroatoms. The number of hydrogen-bond donors (Lipinski definition) is 1. The maximum Gasteiger partial charge on any atom is 0.264 e. The van der Waals surface area contributed by atoms with Crippen LogP contribution in [0.25, 0.3) is 0 Å². The third kappa shape index (κ3) is 5.35. The second kappa shape index (κ2) is 9.81. The van der Waals surface area contributed by atoms with Gasteiger partial charge in [-0.2, -0.15) is 0 Å². The molecule has 0 aromatic heterocycles. The van der Waals surface area contributed by atoms with E-state index >= 15 is 0 Å². The fourth-order valence-corrected chi connectivity index (χ4v) is 4.76. The van der Waals surface area contributed by atoms with Gasteiger partial charge in [-0.25, -0.2) is 8.42 Å². The fourth-order valence-electron chi connectivity index (χ4n) is 3.04. The summed E-state index contributed by atoms with van der Waals surface area (Å²) in [6.07, 6.45) is 0. The Morgan fingerprint density at radius 3 is 2.22 bits per heavy atom. The third-order valence-corrected chi connectivity index (χ3v) is 7.22. The molecule has 0 atom stereocenters. The van der Waals surface area contributed by atoms with E-state index in [1.165, 1.54) is 25.3 Å². The number of carbonyl (C=O) groups excluding carboxylic acids is 1. The summed E-state index contributed by atoms with van der Waals surface area (Å²) >= 11 is 11.9. The molecule has 0 radical (unpaired) electrons. The highest BCUT2D eigenvalue weighted by Gasteiger charge is 2.29. The Bertz CT molecular complexity index is 1250. The maximum atomic E-state index is 13.6. The molecule has 0 aliphatic heterocycles. The van der Waals surface area contributed by atoms with E-state index in [1.54, 1.807) is 42.5 Å². The molecule has 0 fully saturated rings. The Morgan fingerprint density at radius 2 is 1.59 bits per heavy atom. The Morgan fingerprint density at radius 1 is 0.938 bits per heavy atom. The molecule has 6 nitrogen and oxygen atoms in total. The molecular formula is C23H22Cl2N2O4S. The van der Waals surface area contributed by atoms with Crippen molar-refractivity contribution in [3.05, 3.63) is 81.8 Å². The lowest BCUT2D eigenvalue weighted by atomic mass is 10.2. The van der Waals surface area contributed by atoms with Crippen LogP contribution in [0.5, 0.6) is 5.75 Å². The molecule has 0 aliphatic rings. The summed E-state index contributed by atoms with van der Waals surface area (Å²) in [5.41, 5.74) is 2.39. The molecular weight excluding hydrogens is 471 g/mol. The van der Waals surface area contributed by atoms with Crippen LogP contribution in [0.3, 0.4) is 0 Å². The summed E-state index contributed by atoms with van der Waals surface area (Å²) in [6, 6.07) is 16.2. The zero-order valence-electron chi connectivity index (χ0n) is 17.7. The molecule has 0 spiro atoms. The van der Waals surface area contributed by atoms with Crippen molar-refractivity contribution in [2.45, 2.75) is 18.7 Å². The summed E-state index contributed by atoms with van der Waals surface area (Å²) in [5, 5.41) is 3.28. The second-order valence-corrected chi connectivity index (χ2v) is 9.85. The molecule has 0 saturated heterocycles. The van der Waals surface area contributed by atoms with Crippen LogP contribution in [0, 0.1) is 13.8 Å². The average molecular weight is 493 g/mol. The van der Waals surface area contributed by atoms with Gasteiger partial charge < -0.3 is 10.1 Å². The number of nitrogens with one attached hydrogen (secondary N) is 1. The van der Waals surface area contributed by atoms with Crippen LogP contribution in [0.2, 0.25) is 10.0 Å². The normalized spacial score (nSPS) is 11.2. The number of carbonyl (C=O) groups is 1. The first-order valence-electron chi connectivity index (χ1n) is 9.61. The van der Waals surface area contributed by atoms with Crippen LogP contribution in [0.1, 0.15) is 11.1 Å². The Balaban J connectivity index is 2.02. The van der Waals surface area contributed by atoms with Crippen molar-refractivity contribution in [2.75, 3.05) is 23.3 Å². The topological polar surface area (TPSA) is 75.7 Å². The lowest BCUT2D eigenvalue weighted by Gasteiger charge is -2.26. The van der Waals surface area contributed by atoms with Gasteiger partial charge in [0.2, 0.25) is 5.91 Å². The number of nitrogens with zero attached hydrogens (tertiary/aromatic N) is 1. The molecule has 168 valence electrons. The highest BCUT2D eigenvalue weighted by Crippen LogP contribution is 2.33. The van der Waals surface area contributed by atoms with Crippen molar-refractivity contribution in [3.8, 4) is 5.75 Å². The Kier molecular flexibility index (Phi) is 7.33. The quantitative estimate of drug-likeness (QED) is 0.475. The standard InChI is InChI=1S/C23H22Cl2N2O4S/c1-15-4-8-18(9-5-15)32(29,30)27(21-12-16(2)6-11-22(21)31-3)14-23(28)26-17-7-10-19(24)20(25)13-17/h4-13H,14H2,1-3H3,(H,26,28). The van der Waals surface area contributed by atoms with Gasteiger partial charge in [-0.3, -0.25) is 9.10 Å². The number of ether oxygens (including phenoxy) is 1. The van der Waals surface area contributed by atoms with E-state index in [4.69, 9.17) is 27.9 Å². The number of methoxy groups -OCH3 is 1. The van der Waals surface area contributed by atoms with Gasteiger partial charge >= 0.3 is 0 Å². The van der Waals surface area contributed by atoms with E-state index < -0.39 is 22.5 Å². The number of amides is 1. The largest absolute Gasteiger partial charge is 0.495 e. The fraction of sp³-hybridized carbons (Fsp3) is 0.174. The molecule has 1 N–H and O–H groups in total. The number of sulfonamides is 1. The van der Waals surface area contributed by atoms with E-state index in [1.807, 2.05) is 13.8 Å². The number of rotatable bonds is 7. The van der Waals surface area contributed by atoms with Gasteiger partial charge in [0.05, 0.1) is 27.7 Å². The van der Waals surface area contributed by atoms with Crippen LogP contribution in [-0.4, -0.2) is 28.0 Å². The van der Waals surface area contributed by atoms with Gasteiger partial charge in [0, 0.05) is 5.69 Å². The summed E-state index contributed by atoms with van der Waals surface area (Å²) in [7, 11) is -2.63. The molecule has 0 aliphatic carbocycles. The Labute approximate surface area is 197 Å². The van der Waals surface area contributed by atoms with Crippen LogP contribution in [0.4, 0.5) is 11.4 Å². The van der Waals surface area contributed by atoms with Gasteiger partial charge in [0.15, 0.2) is 0 Å². The molecule has 3 aromatic rings. The number of hydrogen-bond acceptors (Lipinski definition) is 4. The highest BCUT2D eigenvalue weighted by molar-refractivity contribution is 7.92. The first-order valence-corrected chi connectivity index (χ1v) is 11.8. The lowest BCUT2D eigenvalue weighted by molar-refractivity contribution is -0.114. The van der Waals surface area contributed by atoms with Crippen LogP contribution in [-0.2, 0) is 14.8 Å². The summed E-state index contributed by atoms with van der Waals surface area (Å²) in [6.45, 7) is 3.22. The van der Waals surface area contributed by atoms with Crippen LogP contribution >= 0.6 is 23.2 Å². The first kappa shape index (κ1) is 23.9. The number of benzene rings is 3. The molecule has 3 rings (SSSR count). The molecule has 0 heterocycles. The van der Waals surface area contributed by atoms with E-state index in [9.17, 15) is 13.2 Å². The average Bonchev–Trinajstić information content (AvgIpc) is 2.75. The van der Waals surface area contributed by atoms with Crippen molar-refractivity contribution < 1.29 is 17.9 Å². The SMILES string of the molecule is COc1ccc(C)cc1N(CC(=O)Nc1ccc(Cl)c(Cl)c1)S(=O)(=O)c1ccc(C)cc1. The number of halogens is 2. The van der Waals surface area contributed by atoms with E-state index in [-0.39, 0.29) is 15.6 Å². The maximum absolute atomic E-state index is 13.6. The molecule has 0 bridgehead atoms. The summed E-state index contributed by atoms with van der Waals surface area (Å²) in [5.74, 6) is -0.226. The minimum absolute atomic E-state index is 0.0639. The van der Waals surface area contributed by atoms with Crippen molar-refractivity contribution in [1.82, 2.24) is 0 Å². The van der Waals surface area contributed by atoms with E-state index in [0.29, 0.717) is 16.5 Å². The molecule has 1 amide bonds. The minimum atomic E-state index is -4.08. The monoisotopic (exact) mass is 492 g/mol. The van der Waals surface area contributed by atoms with Crippen molar-refractivity contribution >= 4 is 50.5 Å². The Hall–Kier alpha value is -2.74. The van der Waals surface area contributed by atoms with Gasteiger partial charge in [-0.1, -0.05) is 47.0 Å². The third-order valence-electron chi connectivity index (χ3n) is 4.70. The van der Waals surface area contributed by atoms with Crippen molar-refractivity contribution in [3.63, 3.8) is 0 Å². The predicted molar refractivity (Wildman–Crippen MR) is 129 cm³/mol. The smallest absolute Gasteiger partial charge is 0.264 e. The summed E-state index contributed by atoms with van der Waals surface area (Å²) < 4.78 is 33.6. The predicted octanol–water partition coefficient (Wildman–Crippen LogP) is 5.45. The number of aryl methyl sites for hydroxylation is 2. The van der Waals surface area contributed by atoms with Gasteiger partial charge in [-0.15, -0.1) is 0 Å². The van der Waals surface area contributed by atoms with E-state index in [2.05, 4.69) is 5.32 Å². The van der Waals surface area contributed by atoms with Crippen molar-refractivity contribution in [1.29, 1.82) is 0 Å². The van der Waals surface area contributed by atoms with Crippen LogP contribution < -0.4 is 14.4 Å². The minimum Gasteiger partial charge on any atom is -0.495 e. The van der Waals surface area contributed by atoms with E-state index in [0.717, 1.165) is 15.4 Å². The highest BCUT2D eigenvalue weighted by atomic mass is 35.5. The van der Waals surface area contributed by atoms with Gasteiger partial charge in [0.1, 0.15) is 12.3 Å². The molecule has 32 heavy (non-hydrogen) atoms. The first-order chi connectivity index (χ1) is 15.1. The van der Waals surface area contributed by atoms with Gasteiger partial charge in [0.25, 0.3) is 10.0 Å². The van der Waals surface area contributed by atoms with Crippen molar-refractivity contribution in [2.24, 2.45) is 0 Å².